The summed E-state index contributed by atoms with van der Waals surface area (Å²) in [5.74, 6) is 0. The van der Waals surface area contributed by atoms with E-state index in [1.54, 1.807) is 0 Å². The zero-order valence-corrected chi connectivity index (χ0v) is 22.4. The van der Waals surface area contributed by atoms with Crippen LogP contribution in [0.15, 0.2) is 0 Å². The summed E-state index contributed by atoms with van der Waals surface area (Å²) >= 11 is 0. The third-order valence-electron chi connectivity index (χ3n) is 7.47. The molecule has 0 aromatic heterocycles. The van der Waals surface area contributed by atoms with Crippen LogP contribution < -0.4 is 5.73 Å². The highest BCUT2D eigenvalue weighted by Gasteiger charge is 2.17. The lowest BCUT2D eigenvalue weighted by molar-refractivity contribution is -0.908. The van der Waals surface area contributed by atoms with Crippen LogP contribution in [0, 0.1) is 0 Å². The van der Waals surface area contributed by atoms with E-state index in [0.29, 0.717) is 0 Å². The first-order valence-corrected chi connectivity index (χ1v) is 14.7. The molecule has 2 N–H and O–H groups in total. The highest BCUT2D eigenvalue weighted by atomic mass is 15.3. The Labute approximate surface area is 198 Å². The third-order valence-corrected chi connectivity index (χ3v) is 7.47. The van der Waals surface area contributed by atoms with Crippen LogP contribution in [0.3, 0.4) is 0 Å². The Bertz CT molecular complexity index is 331. The SMILES string of the molecule is CCCCCCCCCCCCCCCCCCCCCCC[N+](C)(CC)CCCN. The minimum Gasteiger partial charge on any atom is -0.330 e. The third kappa shape index (κ3) is 22.9. The molecular weight excluding hydrogens is 376 g/mol. The van der Waals surface area contributed by atoms with E-state index in [-0.39, 0.29) is 0 Å². The summed E-state index contributed by atoms with van der Waals surface area (Å²) in [6.07, 6.45) is 31.9. The molecule has 188 valence electrons. The van der Waals surface area contributed by atoms with Crippen LogP contribution in [0.25, 0.3) is 0 Å². The predicted molar refractivity (Wildman–Crippen MR) is 143 cm³/mol. The summed E-state index contributed by atoms with van der Waals surface area (Å²) in [5, 5.41) is 0. The monoisotopic (exact) mass is 439 g/mol. The minimum atomic E-state index is 0.840. The van der Waals surface area contributed by atoms with Gasteiger partial charge >= 0.3 is 0 Å². The summed E-state index contributed by atoms with van der Waals surface area (Å²) in [6.45, 7) is 9.32. The second-order valence-corrected chi connectivity index (χ2v) is 10.6. The van der Waals surface area contributed by atoms with Gasteiger partial charge in [0.2, 0.25) is 0 Å². The van der Waals surface area contributed by atoms with Gasteiger partial charge in [-0.3, -0.25) is 0 Å². The summed E-state index contributed by atoms with van der Waals surface area (Å²) < 4.78 is 1.22. The lowest BCUT2D eigenvalue weighted by Gasteiger charge is -2.33. The van der Waals surface area contributed by atoms with Gasteiger partial charge in [0.1, 0.15) is 0 Å². The predicted octanol–water partition coefficient (Wildman–Crippen LogP) is 9.01. The number of hydrogen-bond acceptors (Lipinski definition) is 1. The van der Waals surface area contributed by atoms with Gasteiger partial charge in [-0.2, -0.15) is 0 Å². The first kappa shape index (κ1) is 30.9. The molecule has 0 fully saturated rings. The topological polar surface area (TPSA) is 26.0 Å². The summed E-state index contributed by atoms with van der Waals surface area (Å²) in [6, 6.07) is 0. The van der Waals surface area contributed by atoms with Crippen molar-refractivity contribution in [2.75, 3.05) is 33.2 Å². The van der Waals surface area contributed by atoms with Crippen molar-refractivity contribution in [3.05, 3.63) is 0 Å². The standard InChI is InChI=1S/C29H63N2/c1-4-6-7-8-9-10-11-12-13-14-15-16-17-18-19-20-21-22-23-24-25-28-31(3,5-2)29-26-27-30/h4-30H2,1-3H3/q+1. The molecule has 0 aromatic rings. The molecule has 1 unspecified atom stereocenters. The molecule has 0 aliphatic carbocycles. The molecule has 2 heteroatoms. The first-order chi connectivity index (χ1) is 15.2. The highest BCUT2D eigenvalue weighted by Crippen LogP contribution is 2.15. The molecule has 0 saturated carbocycles. The van der Waals surface area contributed by atoms with E-state index >= 15 is 0 Å². The van der Waals surface area contributed by atoms with Crippen LogP contribution in [0.4, 0.5) is 0 Å². The van der Waals surface area contributed by atoms with E-state index in [1.165, 1.54) is 165 Å². The molecule has 0 rings (SSSR count). The number of nitrogens with zero attached hydrogens (tertiary/aromatic N) is 1. The van der Waals surface area contributed by atoms with Gasteiger partial charge in [-0.15, -0.1) is 0 Å². The zero-order valence-electron chi connectivity index (χ0n) is 22.4. The van der Waals surface area contributed by atoms with Crippen LogP contribution in [-0.2, 0) is 0 Å². The van der Waals surface area contributed by atoms with Gasteiger partial charge in [0.25, 0.3) is 0 Å². The largest absolute Gasteiger partial charge is 0.330 e. The van der Waals surface area contributed by atoms with Crippen LogP contribution in [0.2, 0.25) is 0 Å². The first-order valence-electron chi connectivity index (χ1n) is 14.7. The zero-order chi connectivity index (χ0) is 22.9. The Balaban J connectivity index is 3.18. The van der Waals surface area contributed by atoms with Crippen molar-refractivity contribution in [3.63, 3.8) is 0 Å². The van der Waals surface area contributed by atoms with Gasteiger partial charge in [-0.25, -0.2) is 0 Å². The maximum absolute atomic E-state index is 5.69. The average molecular weight is 440 g/mol. The van der Waals surface area contributed by atoms with Crippen molar-refractivity contribution >= 4 is 0 Å². The average Bonchev–Trinajstić information content (AvgIpc) is 2.78. The van der Waals surface area contributed by atoms with E-state index in [2.05, 4.69) is 20.9 Å². The molecule has 0 saturated heterocycles. The number of rotatable bonds is 26. The fraction of sp³-hybridized carbons (Fsp3) is 1.00. The number of hydrogen-bond donors (Lipinski definition) is 1. The maximum atomic E-state index is 5.69. The van der Waals surface area contributed by atoms with E-state index < -0.39 is 0 Å². The van der Waals surface area contributed by atoms with E-state index in [0.717, 1.165) is 6.54 Å². The molecule has 0 heterocycles. The Morgan fingerprint density at radius 3 is 1.00 bits per heavy atom. The summed E-state index contributed by atoms with van der Waals surface area (Å²) in [4.78, 5) is 0. The number of unbranched alkanes of at least 4 members (excludes halogenated alkanes) is 20. The maximum Gasteiger partial charge on any atom is 0.0796 e. The van der Waals surface area contributed by atoms with Crippen molar-refractivity contribution in [2.45, 2.75) is 155 Å². The van der Waals surface area contributed by atoms with Crippen LogP contribution in [0.1, 0.15) is 155 Å². The Morgan fingerprint density at radius 2 is 0.710 bits per heavy atom. The Kier molecular flexibility index (Phi) is 24.5. The van der Waals surface area contributed by atoms with Crippen molar-refractivity contribution in [1.29, 1.82) is 0 Å². The molecule has 0 radical (unpaired) electrons. The Morgan fingerprint density at radius 1 is 0.419 bits per heavy atom. The lowest BCUT2D eigenvalue weighted by atomic mass is 10.0. The number of nitrogens with two attached hydrogens (primary N) is 1. The molecule has 0 spiro atoms. The van der Waals surface area contributed by atoms with E-state index in [9.17, 15) is 0 Å². The van der Waals surface area contributed by atoms with Gasteiger partial charge < -0.3 is 10.2 Å². The fourth-order valence-electron chi connectivity index (χ4n) is 4.83. The summed E-state index contributed by atoms with van der Waals surface area (Å²) in [5.41, 5.74) is 5.69. The molecule has 0 aromatic carbocycles. The second kappa shape index (κ2) is 24.6. The highest BCUT2D eigenvalue weighted by molar-refractivity contribution is 4.51. The van der Waals surface area contributed by atoms with Crippen molar-refractivity contribution in [2.24, 2.45) is 5.73 Å². The van der Waals surface area contributed by atoms with Gasteiger partial charge in [-0.05, 0) is 26.3 Å². The van der Waals surface area contributed by atoms with Gasteiger partial charge in [0.15, 0.2) is 0 Å². The van der Waals surface area contributed by atoms with Crippen molar-refractivity contribution in [3.8, 4) is 0 Å². The van der Waals surface area contributed by atoms with E-state index in [1.807, 2.05) is 0 Å². The fourth-order valence-corrected chi connectivity index (χ4v) is 4.83. The molecule has 0 aliphatic rings. The normalized spacial score (nSPS) is 13.5. The Hall–Kier alpha value is -0.0800. The smallest absolute Gasteiger partial charge is 0.0796 e. The second-order valence-electron chi connectivity index (χ2n) is 10.6. The van der Waals surface area contributed by atoms with E-state index in [4.69, 9.17) is 5.73 Å². The number of quaternary nitrogens is 1. The molecular formula is C29H63N2+. The van der Waals surface area contributed by atoms with Gasteiger partial charge in [0, 0.05) is 6.42 Å². The van der Waals surface area contributed by atoms with Crippen molar-refractivity contribution < 1.29 is 4.48 Å². The molecule has 31 heavy (non-hydrogen) atoms. The van der Waals surface area contributed by atoms with Crippen LogP contribution in [-0.4, -0.2) is 37.7 Å². The molecule has 2 nitrogen and oxygen atoms in total. The van der Waals surface area contributed by atoms with Crippen molar-refractivity contribution in [1.82, 2.24) is 0 Å². The van der Waals surface area contributed by atoms with Crippen LogP contribution >= 0.6 is 0 Å². The quantitative estimate of drug-likeness (QED) is 0.106. The molecule has 0 aliphatic heterocycles. The molecule has 1 atom stereocenters. The summed E-state index contributed by atoms with van der Waals surface area (Å²) in [7, 11) is 2.41. The lowest BCUT2D eigenvalue weighted by Crippen LogP contribution is -2.45. The van der Waals surface area contributed by atoms with Crippen LogP contribution in [0.5, 0.6) is 0 Å². The van der Waals surface area contributed by atoms with Gasteiger partial charge in [0.05, 0.1) is 26.7 Å². The molecule has 0 amide bonds. The minimum absolute atomic E-state index is 0.840. The molecule has 0 bridgehead atoms. The van der Waals surface area contributed by atoms with Gasteiger partial charge in [-0.1, -0.05) is 129 Å².